The Bertz CT molecular complexity index is 354. The van der Waals surface area contributed by atoms with Crippen molar-refractivity contribution in [2.75, 3.05) is 20.2 Å². The molecular formula is C13H22N2O3. The maximum Gasteiger partial charge on any atom is 0.312 e. The Morgan fingerprint density at radius 2 is 2.28 bits per heavy atom. The van der Waals surface area contributed by atoms with Crippen molar-refractivity contribution in [3.8, 4) is 0 Å². The van der Waals surface area contributed by atoms with Gasteiger partial charge in [-0.05, 0) is 26.7 Å². The van der Waals surface area contributed by atoms with Crippen molar-refractivity contribution in [3.63, 3.8) is 0 Å². The van der Waals surface area contributed by atoms with E-state index in [9.17, 15) is 9.59 Å². The summed E-state index contributed by atoms with van der Waals surface area (Å²) in [6, 6.07) is 0.509. The fraction of sp³-hybridized carbons (Fsp3) is 0.846. The first kappa shape index (κ1) is 13.3. The summed E-state index contributed by atoms with van der Waals surface area (Å²) in [7, 11) is 1.40. The van der Waals surface area contributed by atoms with Gasteiger partial charge in [-0.3, -0.25) is 9.59 Å². The van der Waals surface area contributed by atoms with Crippen LogP contribution in [0.3, 0.4) is 0 Å². The fourth-order valence-corrected chi connectivity index (χ4v) is 2.90. The smallest absolute Gasteiger partial charge is 0.312 e. The molecule has 0 aromatic heterocycles. The zero-order valence-corrected chi connectivity index (χ0v) is 11.4. The summed E-state index contributed by atoms with van der Waals surface area (Å²) in [5, 5.41) is 3.38. The van der Waals surface area contributed by atoms with Gasteiger partial charge in [0.05, 0.1) is 12.5 Å². The van der Waals surface area contributed by atoms with Crippen molar-refractivity contribution in [2.45, 2.75) is 45.2 Å². The molecule has 2 saturated heterocycles. The van der Waals surface area contributed by atoms with Gasteiger partial charge in [0.1, 0.15) is 0 Å². The molecule has 0 radical (unpaired) electrons. The number of carbonyl (C=O) groups excluding carboxylic acids is 2. The van der Waals surface area contributed by atoms with Gasteiger partial charge in [-0.2, -0.15) is 0 Å². The van der Waals surface area contributed by atoms with Crippen molar-refractivity contribution in [3.05, 3.63) is 0 Å². The van der Waals surface area contributed by atoms with Gasteiger partial charge in [-0.25, -0.2) is 0 Å². The average Bonchev–Trinajstić information content (AvgIpc) is 2.90. The highest BCUT2D eigenvalue weighted by Gasteiger charge is 2.43. The molecule has 1 amide bonds. The standard InChI is InChI=1S/C13H22N2O3/c1-13(2,12(17)18-3)8-14-9-7-11(16)15-6-4-5-10(9)15/h9-10,14H,4-8H2,1-3H3. The van der Waals surface area contributed by atoms with E-state index in [1.54, 1.807) is 0 Å². The first-order valence-corrected chi connectivity index (χ1v) is 6.57. The minimum Gasteiger partial charge on any atom is -0.469 e. The lowest BCUT2D eigenvalue weighted by Gasteiger charge is -2.26. The summed E-state index contributed by atoms with van der Waals surface area (Å²) < 4.78 is 4.78. The predicted molar refractivity (Wildman–Crippen MR) is 66.9 cm³/mol. The Morgan fingerprint density at radius 1 is 1.56 bits per heavy atom. The monoisotopic (exact) mass is 254 g/mol. The Morgan fingerprint density at radius 3 is 2.94 bits per heavy atom. The largest absolute Gasteiger partial charge is 0.469 e. The third kappa shape index (κ3) is 2.36. The Labute approximate surface area is 108 Å². The Hall–Kier alpha value is -1.10. The second-order valence-electron chi connectivity index (χ2n) is 5.86. The lowest BCUT2D eigenvalue weighted by molar-refractivity contribution is -0.150. The van der Waals surface area contributed by atoms with Crippen molar-refractivity contribution in [2.24, 2.45) is 5.41 Å². The maximum absolute atomic E-state index is 11.8. The predicted octanol–water partition coefficient (Wildman–Crippen LogP) is 0.539. The van der Waals surface area contributed by atoms with Gasteiger partial charge in [0.2, 0.25) is 5.91 Å². The molecule has 2 rings (SSSR count). The number of hydrogen-bond acceptors (Lipinski definition) is 4. The molecule has 2 atom stereocenters. The van der Waals surface area contributed by atoms with Crippen LogP contribution in [0.4, 0.5) is 0 Å². The molecule has 0 spiro atoms. The van der Waals surface area contributed by atoms with Gasteiger partial charge in [-0.15, -0.1) is 0 Å². The number of esters is 1. The van der Waals surface area contributed by atoms with Crippen LogP contribution >= 0.6 is 0 Å². The maximum atomic E-state index is 11.8. The fourth-order valence-electron chi connectivity index (χ4n) is 2.90. The normalized spacial score (nSPS) is 27.5. The molecule has 102 valence electrons. The molecule has 0 aromatic carbocycles. The highest BCUT2D eigenvalue weighted by Crippen LogP contribution is 2.29. The molecule has 5 heteroatoms. The van der Waals surface area contributed by atoms with Crippen molar-refractivity contribution >= 4 is 11.9 Å². The van der Waals surface area contributed by atoms with Crippen molar-refractivity contribution < 1.29 is 14.3 Å². The highest BCUT2D eigenvalue weighted by atomic mass is 16.5. The topological polar surface area (TPSA) is 58.6 Å². The van der Waals surface area contributed by atoms with Crippen LogP contribution in [-0.4, -0.2) is 49.1 Å². The summed E-state index contributed by atoms with van der Waals surface area (Å²) in [4.78, 5) is 25.3. The molecule has 1 N–H and O–H groups in total. The van der Waals surface area contributed by atoms with E-state index in [1.807, 2.05) is 18.7 Å². The molecule has 0 saturated carbocycles. The zero-order chi connectivity index (χ0) is 13.3. The molecule has 0 aromatic rings. The van der Waals surface area contributed by atoms with E-state index in [4.69, 9.17) is 4.74 Å². The second-order valence-corrected chi connectivity index (χ2v) is 5.86. The molecule has 2 aliphatic heterocycles. The van der Waals surface area contributed by atoms with E-state index in [2.05, 4.69) is 5.32 Å². The number of carbonyl (C=O) groups is 2. The molecule has 0 aliphatic carbocycles. The third-order valence-electron chi connectivity index (χ3n) is 4.02. The second kappa shape index (κ2) is 4.88. The molecular weight excluding hydrogens is 232 g/mol. The lowest BCUT2D eigenvalue weighted by Crippen LogP contribution is -2.45. The van der Waals surface area contributed by atoms with E-state index >= 15 is 0 Å². The van der Waals surface area contributed by atoms with E-state index < -0.39 is 5.41 Å². The number of nitrogens with one attached hydrogen (secondary N) is 1. The van der Waals surface area contributed by atoms with Gasteiger partial charge in [0, 0.05) is 31.6 Å². The molecule has 2 unspecified atom stereocenters. The van der Waals surface area contributed by atoms with E-state index in [0.717, 1.165) is 19.4 Å². The van der Waals surface area contributed by atoms with Crippen molar-refractivity contribution in [1.82, 2.24) is 10.2 Å². The molecule has 0 bridgehead atoms. The van der Waals surface area contributed by atoms with Crippen molar-refractivity contribution in [1.29, 1.82) is 0 Å². The van der Waals surface area contributed by atoms with Gasteiger partial charge in [0.15, 0.2) is 0 Å². The summed E-state index contributed by atoms with van der Waals surface area (Å²) in [6.07, 6.45) is 2.72. The molecule has 18 heavy (non-hydrogen) atoms. The van der Waals surface area contributed by atoms with Gasteiger partial charge in [0.25, 0.3) is 0 Å². The summed E-state index contributed by atoms with van der Waals surface area (Å²) >= 11 is 0. The Balaban J connectivity index is 1.91. The first-order valence-electron chi connectivity index (χ1n) is 6.57. The molecule has 2 aliphatic rings. The van der Waals surface area contributed by atoms with Crippen LogP contribution in [0, 0.1) is 5.41 Å². The molecule has 2 heterocycles. The quantitative estimate of drug-likeness (QED) is 0.744. The number of amides is 1. The summed E-state index contributed by atoms with van der Waals surface area (Å²) in [5.41, 5.74) is -0.552. The SMILES string of the molecule is COC(=O)C(C)(C)CNC1CC(=O)N2CCCC12. The van der Waals surface area contributed by atoms with E-state index in [0.29, 0.717) is 19.0 Å². The van der Waals surface area contributed by atoms with E-state index in [-0.39, 0.29) is 17.9 Å². The number of hydrogen-bond donors (Lipinski definition) is 1. The average molecular weight is 254 g/mol. The minimum absolute atomic E-state index is 0.184. The van der Waals surface area contributed by atoms with Crippen LogP contribution in [0.2, 0.25) is 0 Å². The van der Waals surface area contributed by atoms with Gasteiger partial charge < -0.3 is 15.0 Å². The lowest BCUT2D eigenvalue weighted by atomic mass is 9.92. The number of methoxy groups -OCH3 is 1. The van der Waals surface area contributed by atoms with Crippen LogP contribution < -0.4 is 5.32 Å². The number of ether oxygens (including phenoxy) is 1. The van der Waals surface area contributed by atoms with Gasteiger partial charge in [-0.1, -0.05) is 0 Å². The summed E-state index contributed by atoms with van der Waals surface area (Å²) in [5.74, 6) is 0.0217. The Kier molecular flexibility index (Phi) is 3.61. The van der Waals surface area contributed by atoms with E-state index in [1.165, 1.54) is 7.11 Å². The minimum atomic E-state index is -0.552. The van der Waals surface area contributed by atoms with Crippen LogP contribution in [0.1, 0.15) is 33.1 Å². The highest BCUT2D eigenvalue weighted by molar-refractivity contribution is 5.80. The van der Waals surface area contributed by atoms with Crippen LogP contribution in [0.5, 0.6) is 0 Å². The summed E-state index contributed by atoms with van der Waals surface area (Å²) in [6.45, 7) is 5.15. The molecule has 2 fully saturated rings. The number of rotatable bonds is 4. The molecule has 5 nitrogen and oxygen atoms in total. The van der Waals surface area contributed by atoms with Crippen LogP contribution in [0.25, 0.3) is 0 Å². The van der Waals surface area contributed by atoms with Gasteiger partial charge >= 0.3 is 5.97 Å². The van der Waals surface area contributed by atoms with Crippen LogP contribution in [0.15, 0.2) is 0 Å². The number of fused-ring (bicyclic) bond motifs is 1. The first-order chi connectivity index (χ1) is 8.45. The number of nitrogens with zero attached hydrogens (tertiary/aromatic N) is 1. The van der Waals surface area contributed by atoms with Crippen LogP contribution in [-0.2, 0) is 14.3 Å². The zero-order valence-electron chi connectivity index (χ0n) is 11.4. The third-order valence-corrected chi connectivity index (χ3v) is 4.02.